The van der Waals surface area contributed by atoms with Crippen LogP contribution in [-0.4, -0.2) is 13.1 Å². The molecule has 0 saturated heterocycles. The highest BCUT2D eigenvalue weighted by atomic mass is 19.1. The molecule has 0 aliphatic carbocycles. The highest BCUT2D eigenvalue weighted by Crippen LogP contribution is 2.17. The Bertz CT molecular complexity index is 404. The van der Waals surface area contributed by atoms with Gasteiger partial charge in [0.2, 0.25) is 0 Å². The number of aryl methyl sites for hydroxylation is 1. The van der Waals surface area contributed by atoms with Gasteiger partial charge in [0.05, 0.1) is 6.54 Å². The summed E-state index contributed by atoms with van der Waals surface area (Å²) in [5, 5.41) is 3.12. The number of hydrogen-bond acceptors (Lipinski definition) is 2. The van der Waals surface area contributed by atoms with Gasteiger partial charge in [0.15, 0.2) is 0 Å². The Morgan fingerprint density at radius 2 is 2.25 bits per heavy atom. The monoisotopic (exact) mass is 220 g/mol. The minimum absolute atomic E-state index is 0.180. The maximum Gasteiger partial charge on any atom is 0.128 e. The van der Waals surface area contributed by atoms with E-state index in [1.54, 1.807) is 13.0 Å². The van der Waals surface area contributed by atoms with E-state index >= 15 is 0 Å². The molecule has 16 heavy (non-hydrogen) atoms. The minimum Gasteiger partial charge on any atom is -0.329 e. The summed E-state index contributed by atoms with van der Waals surface area (Å²) in [7, 11) is 0. The Morgan fingerprint density at radius 3 is 2.88 bits per heavy atom. The Balaban J connectivity index is 2.84. The van der Waals surface area contributed by atoms with E-state index in [0.717, 1.165) is 5.56 Å². The van der Waals surface area contributed by atoms with E-state index in [0.29, 0.717) is 18.7 Å². The van der Waals surface area contributed by atoms with Crippen LogP contribution in [0.2, 0.25) is 0 Å². The number of benzene rings is 1. The van der Waals surface area contributed by atoms with Crippen LogP contribution in [0, 0.1) is 24.6 Å². The fourth-order valence-corrected chi connectivity index (χ4v) is 1.51. The van der Waals surface area contributed by atoms with Gasteiger partial charge in [-0.1, -0.05) is 23.6 Å². The van der Waals surface area contributed by atoms with Gasteiger partial charge in [0, 0.05) is 18.2 Å². The summed E-state index contributed by atoms with van der Waals surface area (Å²) in [4.78, 5) is 0. The highest BCUT2D eigenvalue weighted by Gasteiger charge is 2.13. The topological polar surface area (TPSA) is 38.0 Å². The molecule has 0 spiro atoms. The third kappa shape index (κ3) is 3.34. The van der Waals surface area contributed by atoms with Crippen molar-refractivity contribution < 1.29 is 4.39 Å². The molecule has 1 aromatic rings. The molecule has 0 bridgehead atoms. The summed E-state index contributed by atoms with van der Waals surface area (Å²) in [6.45, 7) is 4.58. The van der Waals surface area contributed by atoms with Crippen molar-refractivity contribution in [3.05, 3.63) is 35.1 Å². The molecule has 0 fully saturated rings. The minimum atomic E-state index is -0.224. The second-order valence-corrected chi connectivity index (χ2v) is 3.62. The number of halogens is 1. The van der Waals surface area contributed by atoms with Crippen LogP contribution in [0.1, 0.15) is 24.1 Å². The first-order chi connectivity index (χ1) is 7.69. The quantitative estimate of drug-likeness (QED) is 0.759. The third-order valence-electron chi connectivity index (χ3n) is 2.38. The fraction of sp³-hybridized carbons (Fsp3) is 0.385. The molecule has 0 aliphatic rings. The molecule has 1 atom stereocenters. The first-order valence-corrected chi connectivity index (χ1v) is 5.28. The Kier molecular flexibility index (Phi) is 4.97. The van der Waals surface area contributed by atoms with Gasteiger partial charge in [0.1, 0.15) is 5.82 Å². The van der Waals surface area contributed by atoms with Crippen molar-refractivity contribution >= 4 is 0 Å². The van der Waals surface area contributed by atoms with Crippen molar-refractivity contribution in [1.29, 1.82) is 0 Å². The van der Waals surface area contributed by atoms with Crippen LogP contribution in [0.5, 0.6) is 0 Å². The van der Waals surface area contributed by atoms with Crippen LogP contribution in [-0.2, 0) is 0 Å². The number of hydrogen-bond donors (Lipinski definition) is 2. The molecule has 86 valence electrons. The highest BCUT2D eigenvalue weighted by molar-refractivity contribution is 5.27. The molecular formula is C13H17FN2. The lowest BCUT2D eigenvalue weighted by atomic mass is 10.0. The van der Waals surface area contributed by atoms with E-state index in [1.165, 1.54) is 6.07 Å². The first kappa shape index (κ1) is 12.7. The van der Waals surface area contributed by atoms with Gasteiger partial charge in [-0.15, -0.1) is 5.92 Å². The Hall–Kier alpha value is -1.37. The molecule has 1 aromatic carbocycles. The summed E-state index contributed by atoms with van der Waals surface area (Å²) in [6, 6.07) is 4.86. The molecule has 2 nitrogen and oxygen atoms in total. The van der Waals surface area contributed by atoms with Gasteiger partial charge in [-0.25, -0.2) is 4.39 Å². The molecule has 1 unspecified atom stereocenters. The lowest BCUT2D eigenvalue weighted by Gasteiger charge is -2.17. The predicted octanol–water partition coefficient (Wildman–Crippen LogP) is 1.75. The summed E-state index contributed by atoms with van der Waals surface area (Å²) in [6.07, 6.45) is 0. The van der Waals surface area contributed by atoms with Crippen LogP contribution in [0.3, 0.4) is 0 Å². The van der Waals surface area contributed by atoms with Gasteiger partial charge in [-0.05, 0) is 19.9 Å². The van der Waals surface area contributed by atoms with Crippen molar-refractivity contribution in [2.24, 2.45) is 5.73 Å². The lowest BCUT2D eigenvalue weighted by Crippen LogP contribution is -2.29. The SMILES string of the molecule is CC#CCNC(CN)c1cc(C)ccc1F. The second kappa shape index (κ2) is 6.26. The molecule has 0 aromatic heterocycles. The second-order valence-electron chi connectivity index (χ2n) is 3.62. The average Bonchev–Trinajstić information content (AvgIpc) is 2.28. The van der Waals surface area contributed by atoms with Crippen molar-refractivity contribution in [3.8, 4) is 11.8 Å². The average molecular weight is 220 g/mol. The van der Waals surface area contributed by atoms with E-state index in [4.69, 9.17) is 5.73 Å². The molecule has 0 aliphatic heterocycles. The van der Waals surface area contributed by atoms with Gasteiger partial charge >= 0.3 is 0 Å². The molecular weight excluding hydrogens is 203 g/mol. The van der Waals surface area contributed by atoms with E-state index < -0.39 is 0 Å². The maximum atomic E-state index is 13.6. The van der Waals surface area contributed by atoms with Crippen LogP contribution in [0.15, 0.2) is 18.2 Å². The first-order valence-electron chi connectivity index (χ1n) is 5.28. The smallest absolute Gasteiger partial charge is 0.128 e. The lowest BCUT2D eigenvalue weighted by molar-refractivity contribution is 0.529. The van der Waals surface area contributed by atoms with Crippen molar-refractivity contribution in [1.82, 2.24) is 5.32 Å². The van der Waals surface area contributed by atoms with E-state index in [-0.39, 0.29) is 11.9 Å². The Labute approximate surface area is 96.0 Å². The zero-order valence-corrected chi connectivity index (χ0v) is 9.68. The van der Waals surface area contributed by atoms with Gasteiger partial charge in [-0.3, -0.25) is 5.32 Å². The van der Waals surface area contributed by atoms with Crippen LogP contribution < -0.4 is 11.1 Å². The van der Waals surface area contributed by atoms with E-state index in [2.05, 4.69) is 17.2 Å². The zero-order valence-electron chi connectivity index (χ0n) is 9.68. The van der Waals surface area contributed by atoms with Crippen LogP contribution in [0.4, 0.5) is 4.39 Å². The summed E-state index contributed by atoms with van der Waals surface area (Å²) >= 11 is 0. The van der Waals surface area contributed by atoms with Crippen molar-refractivity contribution in [2.75, 3.05) is 13.1 Å². The zero-order chi connectivity index (χ0) is 12.0. The molecule has 0 saturated carbocycles. The maximum absolute atomic E-state index is 13.6. The summed E-state index contributed by atoms with van der Waals surface area (Å²) < 4.78 is 13.6. The van der Waals surface area contributed by atoms with E-state index in [9.17, 15) is 4.39 Å². The number of rotatable bonds is 4. The van der Waals surface area contributed by atoms with Gasteiger partial charge < -0.3 is 5.73 Å². The molecule has 3 N–H and O–H groups in total. The normalized spacial score (nSPS) is 11.8. The van der Waals surface area contributed by atoms with Crippen molar-refractivity contribution in [3.63, 3.8) is 0 Å². The molecule has 0 amide bonds. The molecule has 1 rings (SSSR count). The predicted molar refractivity (Wildman–Crippen MR) is 64.4 cm³/mol. The third-order valence-corrected chi connectivity index (χ3v) is 2.38. The fourth-order valence-electron chi connectivity index (χ4n) is 1.51. The van der Waals surface area contributed by atoms with Gasteiger partial charge in [-0.2, -0.15) is 0 Å². The van der Waals surface area contributed by atoms with Gasteiger partial charge in [0.25, 0.3) is 0 Å². The summed E-state index contributed by atoms with van der Waals surface area (Å²) in [5.74, 6) is 5.43. The van der Waals surface area contributed by atoms with Crippen molar-refractivity contribution in [2.45, 2.75) is 19.9 Å². The molecule has 3 heteroatoms. The molecule has 0 heterocycles. The van der Waals surface area contributed by atoms with Crippen LogP contribution >= 0.6 is 0 Å². The number of nitrogens with one attached hydrogen (secondary N) is 1. The standard InChI is InChI=1S/C13H17FN2/c1-3-4-7-16-13(9-15)11-8-10(2)5-6-12(11)14/h5-6,8,13,16H,7,9,15H2,1-2H3. The van der Waals surface area contributed by atoms with E-state index in [1.807, 2.05) is 13.0 Å². The molecule has 0 radical (unpaired) electrons. The largest absolute Gasteiger partial charge is 0.329 e. The Morgan fingerprint density at radius 1 is 1.50 bits per heavy atom. The summed E-state index contributed by atoms with van der Waals surface area (Å²) in [5.41, 5.74) is 7.27. The number of nitrogens with two attached hydrogens (primary N) is 1. The van der Waals surface area contributed by atoms with Crippen LogP contribution in [0.25, 0.3) is 0 Å².